The fourth-order valence-corrected chi connectivity index (χ4v) is 2.18. The first-order valence-corrected chi connectivity index (χ1v) is 7.47. The molecule has 1 unspecified atom stereocenters. The van der Waals surface area contributed by atoms with Crippen LogP contribution in [0.4, 0.5) is 4.79 Å². The van der Waals surface area contributed by atoms with Crippen molar-refractivity contribution in [2.24, 2.45) is 0 Å². The van der Waals surface area contributed by atoms with E-state index in [2.05, 4.69) is 10.6 Å². The largest absolute Gasteiger partial charge is 0.441 e. The van der Waals surface area contributed by atoms with Gasteiger partial charge in [0.05, 0.1) is 0 Å². The van der Waals surface area contributed by atoms with E-state index in [0.29, 0.717) is 6.54 Å². The lowest BCUT2D eigenvalue weighted by atomic mass is 10.1. The van der Waals surface area contributed by atoms with Crippen LogP contribution in [0.5, 0.6) is 0 Å². The van der Waals surface area contributed by atoms with Crippen LogP contribution in [0.25, 0.3) is 0 Å². The summed E-state index contributed by atoms with van der Waals surface area (Å²) in [6.07, 6.45) is 0.0949. The van der Waals surface area contributed by atoms with Gasteiger partial charge in [-0.3, -0.25) is 0 Å². The minimum absolute atomic E-state index is 0.246. The van der Waals surface area contributed by atoms with E-state index in [-0.39, 0.29) is 6.10 Å². The zero-order valence-corrected chi connectivity index (χ0v) is 12.8. The Morgan fingerprint density at radius 2 is 1.68 bits per heavy atom. The molecule has 2 aromatic rings. The van der Waals surface area contributed by atoms with E-state index in [0.717, 1.165) is 24.1 Å². The number of carbonyl (C=O) groups excluding carboxylic acids is 1. The molecular weight excluding hydrogens is 276 g/mol. The maximum absolute atomic E-state index is 12.0. The van der Waals surface area contributed by atoms with Crippen molar-refractivity contribution < 1.29 is 9.53 Å². The topological polar surface area (TPSA) is 50.4 Å². The number of carbonyl (C=O) groups is 1. The van der Waals surface area contributed by atoms with Crippen LogP contribution in [0.15, 0.2) is 60.7 Å². The highest BCUT2D eigenvalue weighted by Crippen LogP contribution is 2.20. The number of hydrogen-bond donors (Lipinski definition) is 2. The molecule has 0 radical (unpaired) electrons. The molecule has 0 aromatic heterocycles. The second kappa shape index (κ2) is 8.85. The average molecular weight is 298 g/mol. The fourth-order valence-electron chi connectivity index (χ4n) is 2.18. The van der Waals surface area contributed by atoms with Crippen LogP contribution in [0, 0.1) is 0 Å². The summed E-state index contributed by atoms with van der Waals surface area (Å²) < 4.78 is 5.57. The number of benzene rings is 2. The zero-order valence-electron chi connectivity index (χ0n) is 12.8. The van der Waals surface area contributed by atoms with Gasteiger partial charge in [0.1, 0.15) is 6.10 Å². The third-order valence-electron chi connectivity index (χ3n) is 3.36. The highest BCUT2D eigenvalue weighted by atomic mass is 16.6. The highest BCUT2D eigenvalue weighted by molar-refractivity contribution is 5.67. The minimum atomic E-state index is -0.395. The number of rotatable bonds is 7. The van der Waals surface area contributed by atoms with Crippen molar-refractivity contribution in [3.63, 3.8) is 0 Å². The molecule has 22 heavy (non-hydrogen) atoms. The maximum atomic E-state index is 12.0. The molecule has 0 fully saturated rings. The number of hydrogen-bond acceptors (Lipinski definition) is 3. The second-order valence-corrected chi connectivity index (χ2v) is 5.04. The molecule has 4 nitrogen and oxygen atoms in total. The summed E-state index contributed by atoms with van der Waals surface area (Å²) in [6, 6.07) is 19.6. The van der Waals surface area contributed by atoms with E-state index in [1.54, 1.807) is 0 Å². The van der Waals surface area contributed by atoms with Gasteiger partial charge in [-0.1, -0.05) is 60.7 Å². The van der Waals surface area contributed by atoms with E-state index in [1.807, 2.05) is 67.7 Å². The summed E-state index contributed by atoms with van der Waals surface area (Å²) >= 11 is 0. The van der Waals surface area contributed by atoms with Gasteiger partial charge in [0.15, 0.2) is 0 Å². The molecule has 0 saturated heterocycles. The summed E-state index contributed by atoms with van der Waals surface area (Å²) in [6.45, 7) is 1.25. The van der Waals surface area contributed by atoms with Crippen LogP contribution >= 0.6 is 0 Å². The van der Waals surface area contributed by atoms with Gasteiger partial charge in [-0.15, -0.1) is 0 Å². The molecule has 116 valence electrons. The predicted molar refractivity (Wildman–Crippen MR) is 87.5 cm³/mol. The Labute approximate surface area is 131 Å². The van der Waals surface area contributed by atoms with Gasteiger partial charge in [-0.05, 0) is 24.7 Å². The monoisotopic (exact) mass is 298 g/mol. The quantitative estimate of drug-likeness (QED) is 0.825. The standard InChI is InChI=1S/C18H22N2O2/c1-19-13-12-17(16-10-6-3-7-11-16)22-18(21)20-14-15-8-4-2-5-9-15/h2-11,17,19H,12-14H2,1H3,(H,20,21). The van der Waals surface area contributed by atoms with Gasteiger partial charge < -0.3 is 15.4 Å². The van der Waals surface area contributed by atoms with Crippen molar-refractivity contribution in [1.29, 1.82) is 0 Å². The van der Waals surface area contributed by atoms with Gasteiger partial charge in [0.2, 0.25) is 0 Å². The Bertz CT molecular complexity index is 558. The zero-order chi connectivity index (χ0) is 15.6. The first kappa shape index (κ1) is 16.0. The van der Waals surface area contributed by atoms with Crippen molar-refractivity contribution in [2.75, 3.05) is 13.6 Å². The van der Waals surface area contributed by atoms with Crippen LogP contribution in [0.1, 0.15) is 23.7 Å². The smallest absolute Gasteiger partial charge is 0.408 e. The number of alkyl carbamates (subject to hydrolysis) is 1. The van der Waals surface area contributed by atoms with E-state index in [4.69, 9.17) is 4.74 Å². The van der Waals surface area contributed by atoms with Crippen LogP contribution in [0.2, 0.25) is 0 Å². The maximum Gasteiger partial charge on any atom is 0.408 e. The van der Waals surface area contributed by atoms with Crippen LogP contribution in [0.3, 0.4) is 0 Å². The molecular formula is C18H22N2O2. The Hall–Kier alpha value is -2.33. The molecule has 2 N–H and O–H groups in total. The summed E-state index contributed by atoms with van der Waals surface area (Å²) in [5.74, 6) is 0. The van der Waals surface area contributed by atoms with E-state index in [9.17, 15) is 4.79 Å². The first-order chi connectivity index (χ1) is 10.8. The lowest BCUT2D eigenvalue weighted by Gasteiger charge is -2.18. The predicted octanol–water partition coefficient (Wildman–Crippen LogP) is 3.26. The third kappa shape index (κ3) is 5.22. The van der Waals surface area contributed by atoms with Gasteiger partial charge in [0, 0.05) is 13.0 Å². The first-order valence-electron chi connectivity index (χ1n) is 7.47. The molecule has 1 amide bonds. The fraction of sp³-hybridized carbons (Fsp3) is 0.278. The van der Waals surface area contributed by atoms with Crippen LogP contribution < -0.4 is 10.6 Å². The molecule has 0 saturated carbocycles. The molecule has 0 aliphatic heterocycles. The van der Waals surface area contributed by atoms with Crippen molar-refractivity contribution in [3.05, 3.63) is 71.8 Å². The van der Waals surface area contributed by atoms with Gasteiger partial charge in [-0.25, -0.2) is 4.79 Å². The molecule has 2 aromatic carbocycles. The van der Waals surface area contributed by atoms with E-state index in [1.165, 1.54) is 0 Å². The highest BCUT2D eigenvalue weighted by Gasteiger charge is 2.15. The number of amides is 1. The molecule has 4 heteroatoms. The normalized spacial score (nSPS) is 11.7. The molecule has 0 bridgehead atoms. The SMILES string of the molecule is CNCCC(OC(=O)NCc1ccccc1)c1ccccc1. The third-order valence-corrected chi connectivity index (χ3v) is 3.36. The van der Waals surface area contributed by atoms with Crippen molar-refractivity contribution in [1.82, 2.24) is 10.6 Å². The summed E-state index contributed by atoms with van der Waals surface area (Å²) in [7, 11) is 1.89. The summed E-state index contributed by atoms with van der Waals surface area (Å²) in [4.78, 5) is 12.0. The Kier molecular flexibility index (Phi) is 6.45. The van der Waals surface area contributed by atoms with Gasteiger partial charge in [0.25, 0.3) is 0 Å². The van der Waals surface area contributed by atoms with E-state index < -0.39 is 6.09 Å². The number of ether oxygens (including phenoxy) is 1. The van der Waals surface area contributed by atoms with Crippen LogP contribution in [-0.2, 0) is 11.3 Å². The van der Waals surface area contributed by atoms with Gasteiger partial charge >= 0.3 is 6.09 Å². The molecule has 2 rings (SSSR count). The Morgan fingerprint density at radius 3 is 2.32 bits per heavy atom. The summed E-state index contributed by atoms with van der Waals surface area (Å²) in [5.41, 5.74) is 2.05. The van der Waals surface area contributed by atoms with E-state index >= 15 is 0 Å². The molecule has 0 aliphatic carbocycles. The van der Waals surface area contributed by atoms with Crippen molar-refractivity contribution in [2.45, 2.75) is 19.1 Å². The Morgan fingerprint density at radius 1 is 1.05 bits per heavy atom. The van der Waals surface area contributed by atoms with Crippen molar-refractivity contribution in [3.8, 4) is 0 Å². The molecule has 0 heterocycles. The lowest BCUT2D eigenvalue weighted by Crippen LogP contribution is -2.26. The molecule has 0 aliphatic rings. The second-order valence-electron chi connectivity index (χ2n) is 5.04. The van der Waals surface area contributed by atoms with Crippen molar-refractivity contribution >= 4 is 6.09 Å². The molecule has 1 atom stereocenters. The molecule has 0 spiro atoms. The Balaban J connectivity index is 1.90. The minimum Gasteiger partial charge on any atom is -0.441 e. The summed E-state index contributed by atoms with van der Waals surface area (Å²) in [5, 5.41) is 5.88. The lowest BCUT2D eigenvalue weighted by molar-refractivity contribution is 0.0923. The van der Waals surface area contributed by atoms with Gasteiger partial charge in [-0.2, -0.15) is 0 Å². The number of nitrogens with one attached hydrogen (secondary N) is 2. The van der Waals surface area contributed by atoms with Crippen LogP contribution in [-0.4, -0.2) is 19.7 Å². The average Bonchev–Trinajstić information content (AvgIpc) is 2.58.